The summed E-state index contributed by atoms with van der Waals surface area (Å²) in [6.07, 6.45) is 0.735. The molecule has 0 aromatic heterocycles. The van der Waals surface area contributed by atoms with Crippen molar-refractivity contribution in [3.8, 4) is 5.75 Å². The van der Waals surface area contributed by atoms with E-state index < -0.39 is 0 Å². The SMILES string of the molecule is COCCOC1C(Cl)CC1Oc1cccc(COC)c1. The number of ether oxygens (including phenoxy) is 4. The van der Waals surface area contributed by atoms with E-state index in [1.165, 1.54) is 0 Å². The van der Waals surface area contributed by atoms with E-state index in [4.69, 9.17) is 30.5 Å². The molecule has 0 saturated heterocycles. The normalized spacial score (nSPS) is 25.2. The molecule has 1 fully saturated rings. The van der Waals surface area contributed by atoms with Crippen LogP contribution in [0.5, 0.6) is 5.75 Å². The third-order valence-corrected chi connectivity index (χ3v) is 3.70. The summed E-state index contributed by atoms with van der Waals surface area (Å²) in [5, 5.41) is 0.0130. The van der Waals surface area contributed by atoms with Crippen molar-refractivity contribution in [3.05, 3.63) is 29.8 Å². The number of rotatable bonds is 8. The van der Waals surface area contributed by atoms with Crippen LogP contribution in [0.3, 0.4) is 0 Å². The minimum absolute atomic E-state index is 0.00662. The highest BCUT2D eigenvalue weighted by molar-refractivity contribution is 6.21. The Morgan fingerprint density at radius 1 is 1.20 bits per heavy atom. The average Bonchev–Trinajstić information content (AvgIpc) is 2.44. The number of hydrogen-bond donors (Lipinski definition) is 0. The smallest absolute Gasteiger partial charge is 0.128 e. The van der Waals surface area contributed by atoms with Crippen LogP contribution in [-0.2, 0) is 20.8 Å². The van der Waals surface area contributed by atoms with Crippen LogP contribution in [0.15, 0.2) is 24.3 Å². The van der Waals surface area contributed by atoms with E-state index in [2.05, 4.69) is 0 Å². The molecule has 4 nitrogen and oxygen atoms in total. The molecule has 0 heterocycles. The third-order valence-electron chi connectivity index (χ3n) is 3.28. The van der Waals surface area contributed by atoms with Crippen LogP contribution in [-0.4, -0.2) is 45.0 Å². The number of methoxy groups -OCH3 is 2. The highest BCUT2D eigenvalue weighted by Gasteiger charge is 2.42. The second-order valence-corrected chi connectivity index (χ2v) is 5.38. The van der Waals surface area contributed by atoms with E-state index in [-0.39, 0.29) is 17.6 Å². The fraction of sp³-hybridized carbons (Fsp3) is 0.600. The first kappa shape index (κ1) is 15.6. The van der Waals surface area contributed by atoms with E-state index in [9.17, 15) is 0 Å². The van der Waals surface area contributed by atoms with E-state index in [1.54, 1.807) is 14.2 Å². The van der Waals surface area contributed by atoms with Crippen LogP contribution in [0.4, 0.5) is 0 Å². The molecule has 0 amide bonds. The molecule has 1 aliphatic carbocycles. The summed E-state index contributed by atoms with van der Waals surface area (Å²) in [5.41, 5.74) is 1.09. The summed E-state index contributed by atoms with van der Waals surface area (Å²) in [7, 11) is 3.33. The van der Waals surface area contributed by atoms with Crippen molar-refractivity contribution in [2.24, 2.45) is 0 Å². The lowest BCUT2D eigenvalue weighted by Crippen LogP contribution is -2.53. The molecule has 3 atom stereocenters. The maximum Gasteiger partial charge on any atom is 0.128 e. The van der Waals surface area contributed by atoms with Gasteiger partial charge in [-0.2, -0.15) is 0 Å². The van der Waals surface area contributed by atoms with Crippen LogP contribution >= 0.6 is 11.6 Å². The van der Waals surface area contributed by atoms with Gasteiger partial charge in [0.15, 0.2) is 0 Å². The van der Waals surface area contributed by atoms with Gasteiger partial charge in [-0.15, -0.1) is 11.6 Å². The molecular formula is C15H21ClO4. The lowest BCUT2D eigenvalue weighted by Gasteiger charge is -2.40. The van der Waals surface area contributed by atoms with E-state index in [0.717, 1.165) is 17.7 Å². The molecule has 1 saturated carbocycles. The van der Waals surface area contributed by atoms with Crippen LogP contribution in [0.2, 0.25) is 0 Å². The Bertz CT molecular complexity index is 413. The first-order valence-corrected chi connectivity index (χ1v) is 7.17. The zero-order valence-electron chi connectivity index (χ0n) is 11.9. The Hall–Kier alpha value is -0.810. The molecule has 5 heteroatoms. The summed E-state index contributed by atoms with van der Waals surface area (Å²) in [5.74, 6) is 0.827. The molecule has 1 aliphatic rings. The van der Waals surface area contributed by atoms with Crippen molar-refractivity contribution < 1.29 is 18.9 Å². The molecule has 0 N–H and O–H groups in total. The van der Waals surface area contributed by atoms with Gasteiger partial charge in [0.2, 0.25) is 0 Å². The summed E-state index contributed by atoms with van der Waals surface area (Å²) in [6.45, 7) is 1.68. The van der Waals surface area contributed by atoms with Crippen LogP contribution in [0.25, 0.3) is 0 Å². The maximum atomic E-state index is 6.17. The van der Waals surface area contributed by atoms with Crippen LogP contribution in [0.1, 0.15) is 12.0 Å². The summed E-state index contributed by atoms with van der Waals surface area (Å²) < 4.78 is 21.7. The molecule has 3 unspecified atom stereocenters. The van der Waals surface area contributed by atoms with Crippen molar-refractivity contribution in [2.45, 2.75) is 30.6 Å². The minimum Gasteiger partial charge on any atom is -0.488 e. The van der Waals surface area contributed by atoms with E-state index >= 15 is 0 Å². The van der Waals surface area contributed by atoms with Gasteiger partial charge in [-0.05, 0) is 17.7 Å². The van der Waals surface area contributed by atoms with Gasteiger partial charge in [-0.3, -0.25) is 0 Å². The fourth-order valence-electron chi connectivity index (χ4n) is 2.17. The summed E-state index contributed by atoms with van der Waals surface area (Å²) >= 11 is 6.17. The van der Waals surface area contributed by atoms with Gasteiger partial charge in [-0.1, -0.05) is 12.1 Å². The number of halogens is 1. The van der Waals surface area contributed by atoms with Crippen molar-refractivity contribution >= 4 is 11.6 Å². The molecule has 1 aromatic carbocycles. The Balaban J connectivity index is 1.87. The zero-order chi connectivity index (χ0) is 14.4. The highest BCUT2D eigenvalue weighted by atomic mass is 35.5. The Labute approximate surface area is 124 Å². The van der Waals surface area contributed by atoms with Gasteiger partial charge in [0, 0.05) is 20.6 Å². The molecule has 0 spiro atoms. The monoisotopic (exact) mass is 300 g/mol. The number of benzene rings is 1. The number of hydrogen-bond acceptors (Lipinski definition) is 4. The highest BCUT2D eigenvalue weighted by Crippen LogP contribution is 2.33. The topological polar surface area (TPSA) is 36.9 Å². The Morgan fingerprint density at radius 2 is 2.05 bits per heavy atom. The number of alkyl halides is 1. The first-order valence-electron chi connectivity index (χ1n) is 6.73. The van der Waals surface area contributed by atoms with Crippen molar-refractivity contribution in [3.63, 3.8) is 0 Å². The Kier molecular flexibility index (Phi) is 6.10. The van der Waals surface area contributed by atoms with Crippen LogP contribution < -0.4 is 4.74 Å². The third kappa shape index (κ3) is 4.09. The van der Waals surface area contributed by atoms with Gasteiger partial charge >= 0.3 is 0 Å². The van der Waals surface area contributed by atoms with Crippen LogP contribution in [0, 0.1) is 0 Å². The van der Waals surface area contributed by atoms with Gasteiger partial charge in [0.05, 0.1) is 25.2 Å². The quantitative estimate of drug-likeness (QED) is 0.546. The molecule has 0 radical (unpaired) electrons. The van der Waals surface area contributed by atoms with Gasteiger partial charge in [0.1, 0.15) is 18.0 Å². The maximum absolute atomic E-state index is 6.17. The van der Waals surface area contributed by atoms with E-state index in [0.29, 0.717) is 19.8 Å². The fourth-order valence-corrected chi connectivity index (χ4v) is 2.58. The predicted octanol–water partition coefficient (Wildman–Crippen LogP) is 2.62. The first-order chi connectivity index (χ1) is 9.74. The molecule has 1 aromatic rings. The lowest BCUT2D eigenvalue weighted by molar-refractivity contribution is -0.0898. The predicted molar refractivity (Wildman–Crippen MR) is 77.4 cm³/mol. The van der Waals surface area contributed by atoms with Crippen molar-refractivity contribution in [1.82, 2.24) is 0 Å². The molecule has 112 valence electrons. The molecular weight excluding hydrogens is 280 g/mol. The lowest BCUT2D eigenvalue weighted by atomic mass is 9.91. The molecule has 0 aliphatic heterocycles. The van der Waals surface area contributed by atoms with E-state index in [1.807, 2.05) is 24.3 Å². The average molecular weight is 301 g/mol. The van der Waals surface area contributed by atoms with Gasteiger partial charge in [-0.25, -0.2) is 0 Å². The zero-order valence-corrected chi connectivity index (χ0v) is 12.6. The van der Waals surface area contributed by atoms with Gasteiger partial charge in [0.25, 0.3) is 0 Å². The molecule has 20 heavy (non-hydrogen) atoms. The second-order valence-electron chi connectivity index (χ2n) is 4.82. The molecule has 2 rings (SSSR count). The minimum atomic E-state index is -0.0714. The standard InChI is InChI=1S/C15H21ClO4/c1-17-6-7-19-15-13(16)9-14(15)20-12-5-3-4-11(8-12)10-18-2/h3-5,8,13-15H,6-7,9-10H2,1-2H3. The second kappa shape index (κ2) is 7.84. The summed E-state index contributed by atoms with van der Waals surface area (Å²) in [4.78, 5) is 0. The van der Waals surface area contributed by atoms with Crippen molar-refractivity contribution in [1.29, 1.82) is 0 Å². The summed E-state index contributed by atoms with van der Waals surface area (Å²) in [6, 6.07) is 7.89. The Morgan fingerprint density at radius 3 is 2.75 bits per heavy atom. The largest absolute Gasteiger partial charge is 0.488 e. The molecule has 0 bridgehead atoms. The van der Waals surface area contributed by atoms with Gasteiger partial charge < -0.3 is 18.9 Å². The van der Waals surface area contributed by atoms with Crippen molar-refractivity contribution in [2.75, 3.05) is 27.4 Å².